The first kappa shape index (κ1) is 17.2. The second kappa shape index (κ2) is 7.49. The molecule has 2 aromatic carbocycles. The van der Waals surface area contributed by atoms with E-state index in [4.69, 9.17) is 0 Å². The van der Waals surface area contributed by atoms with Crippen molar-refractivity contribution in [1.82, 2.24) is 4.90 Å². The summed E-state index contributed by atoms with van der Waals surface area (Å²) in [6, 6.07) is 19.5. The number of piperidine rings is 1. The van der Waals surface area contributed by atoms with Gasteiger partial charge in [0, 0.05) is 26.1 Å². The largest absolute Gasteiger partial charge is 0.480 e. The molecular formula is C20H22N2O3. The summed E-state index contributed by atoms with van der Waals surface area (Å²) in [5, 5.41) is 22.8. The SMILES string of the molecule is O=C(O)C1(Cc2ccccc2)CN(Cc2ccccc2)CC/C1=N/O. The molecule has 2 N–H and O–H groups in total. The summed E-state index contributed by atoms with van der Waals surface area (Å²) in [4.78, 5) is 14.4. The first-order valence-corrected chi connectivity index (χ1v) is 8.39. The quantitative estimate of drug-likeness (QED) is 0.649. The van der Waals surface area contributed by atoms with E-state index in [-0.39, 0.29) is 0 Å². The number of carboxylic acid groups (broad SMARTS) is 1. The molecule has 5 nitrogen and oxygen atoms in total. The maximum absolute atomic E-state index is 12.2. The lowest BCUT2D eigenvalue weighted by Crippen LogP contribution is -2.54. The van der Waals surface area contributed by atoms with Crippen LogP contribution in [-0.2, 0) is 17.8 Å². The van der Waals surface area contributed by atoms with Gasteiger partial charge in [0.2, 0.25) is 0 Å². The van der Waals surface area contributed by atoms with E-state index < -0.39 is 11.4 Å². The van der Waals surface area contributed by atoms with Gasteiger partial charge in [0.1, 0.15) is 5.41 Å². The van der Waals surface area contributed by atoms with E-state index in [1.807, 2.05) is 60.7 Å². The Balaban J connectivity index is 1.88. The second-order valence-electron chi connectivity index (χ2n) is 6.54. The smallest absolute Gasteiger partial charge is 0.317 e. The van der Waals surface area contributed by atoms with Crippen molar-refractivity contribution in [3.8, 4) is 0 Å². The summed E-state index contributed by atoms with van der Waals surface area (Å²) in [6.07, 6.45) is 0.760. The number of hydrogen-bond acceptors (Lipinski definition) is 4. The molecule has 0 spiro atoms. The van der Waals surface area contributed by atoms with Crippen LogP contribution >= 0.6 is 0 Å². The minimum atomic E-state index is -1.21. The van der Waals surface area contributed by atoms with Gasteiger partial charge in [0.25, 0.3) is 0 Å². The summed E-state index contributed by atoms with van der Waals surface area (Å²) in [7, 11) is 0. The van der Waals surface area contributed by atoms with E-state index in [1.54, 1.807) is 0 Å². The first-order chi connectivity index (χ1) is 12.1. The average Bonchev–Trinajstić information content (AvgIpc) is 2.63. The summed E-state index contributed by atoms with van der Waals surface area (Å²) >= 11 is 0. The second-order valence-corrected chi connectivity index (χ2v) is 6.54. The number of aliphatic carboxylic acids is 1. The highest BCUT2D eigenvalue weighted by Gasteiger charge is 2.48. The minimum Gasteiger partial charge on any atom is -0.480 e. The van der Waals surface area contributed by atoms with Crippen LogP contribution in [0, 0.1) is 5.41 Å². The predicted octanol–water partition coefficient (Wildman–Crippen LogP) is 3.04. The third-order valence-electron chi connectivity index (χ3n) is 4.84. The lowest BCUT2D eigenvalue weighted by atomic mass is 9.73. The van der Waals surface area contributed by atoms with Gasteiger partial charge in [-0.1, -0.05) is 65.8 Å². The average molecular weight is 338 g/mol. The number of oxime groups is 1. The Hall–Kier alpha value is -2.66. The van der Waals surface area contributed by atoms with Crippen LogP contribution in [-0.4, -0.2) is 40.0 Å². The van der Waals surface area contributed by atoms with Crippen molar-refractivity contribution in [3.05, 3.63) is 71.8 Å². The number of rotatable bonds is 5. The monoisotopic (exact) mass is 338 g/mol. The van der Waals surface area contributed by atoms with Gasteiger partial charge in [0.05, 0.1) is 5.71 Å². The predicted molar refractivity (Wildman–Crippen MR) is 95.8 cm³/mol. The van der Waals surface area contributed by atoms with Crippen molar-refractivity contribution in [2.24, 2.45) is 10.6 Å². The maximum Gasteiger partial charge on any atom is 0.317 e. The van der Waals surface area contributed by atoms with Crippen molar-refractivity contribution in [2.45, 2.75) is 19.4 Å². The molecule has 1 fully saturated rings. The summed E-state index contributed by atoms with van der Waals surface area (Å²) in [6.45, 7) is 1.69. The molecule has 1 atom stereocenters. The molecule has 0 saturated carbocycles. The van der Waals surface area contributed by atoms with Gasteiger partial charge in [-0.25, -0.2) is 0 Å². The number of likely N-dealkylation sites (tertiary alicyclic amines) is 1. The van der Waals surface area contributed by atoms with Crippen LogP contribution < -0.4 is 0 Å². The number of carbonyl (C=O) groups is 1. The molecule has 0 aliphatic carbocycles. The van der Waals surface area contributed by atoms with E-state index >= 15 is 0 Å². The molecular weight excluding hydrogens is 316 g/mol. The van der Waals surface area contributed by atoms with E-state index in [0.29, 0.717) is 38.2 Å². The van der Waals surface area contributed by atoms with Gasteiger partial charge < -0.3 is 10.3 Å². The third kappa shape index (κ3) is 3.72. The van der Waals surface area contributed by atoms with Gasteiger partial charge in [0.15, 0.2) is 0 Å². The van der Waals surface area contributed by atoms with Crippen LogP contribution in [0.4, 0.5) is 0 Å². The molecule has 3 rings (SSSR count). The summed E-state index contributed by atoms with van der Waals surface area (Å²) in [5.74, 6) is -0.943. The van der Waals surface area contributed by atoms with Gasteiger partial charge in [-0.2, -0.15) is 0 Å². The minimum absolute atomic E-state index is 0.313. The fourth-order valence-electron chi connectivity index (χ4n) is 3.55. The van der Waals surface area contributed by atoms with E-state index in [9.17, 15) is 15.1 Å². The number of hydrogen-bond donors (Lipinski definition) is 2. The van der Waals surface area contributed by atoms with E-state index in [1.165, 1.54) is 0 Å². The highest BCUT2D eigenvalue weighted by Crippen LogP contribution is 2.33. The highest BCUT2D eigenvalue weighted by molar-refractivity contribution is 6.07. The zero-order chi connectivity index (χ0) is 17.7. The molecule has 0 bridgehead atoms. The number of carboxylic acids is 1. The normalized spacial score (nSPS) is 22.8. The molecule has 0 amide bonds. The Morgan fingerprint density at radius 1 is 1.04 bits per heavy atom. The van der Waals surface area contributed by atoms with Crippen LogP contribution in [0.2, 0.25) is 0 Å². The van der Waals surface area contributed by atoms with Crippen molar-refractivity contribution < 1.29 is 15.1 Å². The maximum atomic E-state index is 12.2. The third-order valence-corrected chi connectivity index (χ3v) is 4.84. The van der Waals surface area contributed by atoms with Crippen LogP contribution in [0.1, 0.15) is 17.5 Å². The number of nitrogens with zero attached hydrogens (tertiary/aromatic N) is 2. The van der Waals surface area contributed by atoms with Gasteiger partial charge in [-0.05, 0) is 17.5 Å². The zero-order valence-electron chi connectivity index (χ0n) is 14.0. The van der Waals surface area contributed by atoms with Crippen molar-refractivity contribution in [2.75, 3.05) is 13.1 Å². The Labute approximate surface area is 147 Å². The van der Waals surface area contributed by atoms with Gasteiger partial charge >= 0.3 is 5.97 Å². The Morgan fingerprint density at radius 2 is 1.64 bits per heavy atom. The molecule has 1 saturated heterocycles. The van der Waals surface area contributed by atoms with Crippen molar-refractivity contribution in [3.63, 3.8) is 0 Å². The van der Waals surface area contributed by atoms with Crippen LogP contribution in [0.15, 0.2) is 65.8 Å². The first-order valence-electron chi connectivity index (χ1n) is 8.39. The van der Waals surface area contributed by atoms with Crippen molar-refractivity contribution in [1.29, 1.82) is 0 Å². The molecule has 1 heterocycles. The Bertz CT molecular complexity index is 746. The molecule has 1 unspecified atom stereocenters. The molecule has 0 aromatic heterocycles. The number of benzene rings is 2. The molecule has 1 aliphatic heterocycles. The van der Waals surface area contributed by atoms with Crippen LogP contribution in [0.25, 0.3) is 0 Å². The van der Waals surface area contributed by atoms with E-state index in [0.717, 1.165) is 11.1 Å². The fraction of sp³-hybridized carbons (Fsp3) is 0.300. The summed E-state index contributed by atoms with van der Waals surface area (Å²) in [5.41, 5.74) is 1.22. The van der Waals surface area contributed by atoms with E-state index in [2.05, 4.69) is 10.1 Å². The Kier molecular flexibility index (Phi) is 5.14. The Morgan fingerprint density at radius 3 is 2.20 bits per heavy atom. The van der Waals surface area contributed by atoms with Crippen LogP contribution in [0.3, 0.4) is 0 Å². The van der Waals surface area contributed by atoms with Crippen LogP contribution in [0.5, 0.6) is 0 Å². The zero-order valence-corrected chi connectivity index (χ0v) is 14.0. The molecule has 1 aliphatic rings. The lowest BCUT2D eigenvalue weighted by molar-refractivity contribution is -0.146. The topological polar surface area (TPSA) is 73.1 Å². The lowest BCUT2D eigenvalue weighted by Gasteiger charge is -2.40. The summed E-state index contributed by atoms with van der Waals surface area (Å²) < 4.78 is 0. The molecule has 130 valence electrons. The molecule has 25 heavy (non-hydrogen) atoms. The highest BCUT2D eigenvalue weighted by atomic mass is 16.4. The molecule has 5 heteroatoms. The van der Waals surface area contributed by atoms with Crippen molar-refractivity contribution >= 4 is 11.7 Å². The molecule has 0 radical (unpaired) electrons. The fourth-order valence-corrected chi connectivity index (χ4v) is 3.55. The molecule has 2 aromatic rings. The van der Waals surface area contributed by atoms with Gasteiger partial charge in [-0.3, -0.25) is 9.69 Å². The standard InChI is InChI=1S/C20H22N2O3/c23-19(24)20(13-16-7-3-1-4-8-16)15-22(12-11-18(20)21-25)14-17-9-5-2-6-10-17/h1-10,25H,11-15H2,(H,23,24)/b21-18-. The van der Waals surface area contributed by atoms with Gasteiger partial charge in [-0.15, -0.1) is 0 Å².